The quantitative estimate of drug-likeness (QED) is 0.636. The van der Waals surface area contributed by atoms with Crippen molar-refractivity contribution in [3.63, 3.8) is 0 Å². The molecule has 0 atom stereocenters. The second kappa shape index (κ2) is 12.1. The van der Waals surface area contributed by atoms with Crippen molar-refractivity contribution >= 4 is 0 Å². The molecule has 0 saturated heterocycles. The zero-order valence-corrected chi connectivity index (χ0v) is 8.24. The van der Waals surface area contributed by atoms with Crippen LogP contribution in [0, 0.1) is 0 Å². The molecule has 0 unspecified atom stereocenters. The Kier molecular flexibility index (Phi) is 14.2. The van der Waals surface area contributed by atoms with Crippen LogP contribution in [0.1, 0.15) is 34.1 Å². The van der Waals surface area contributed by atoms with Crippen molar-refractivity contribution in [1.29, 1.82) is 0 Å². The lowest BCUT2D eigenvalue weighted by Crippen LogP contribution is -2.13. The van der Waals surface area contributed by atoms with Gasteiger partial charge < -0.3 is 10.1 Å². The van der Waals surface area contributed by atoms with Crippen LogP contribution in [0.15, 0.2) is 12.5 Å². The van der Waals surface area contributed by atoms with E-state index in [2.05, 4.69) is 25.7 Å². The summed E-state index contributed by atoms with van der Waals surface area (Å²) >= 11 is 0. The SMILES string of the molecule is C=C(NCC)OCC.CCC. The fourth-order valence-electron chi connectivity index (χ4n) is 0.422. The highest BCUT2D eigenvalue weighted by atomic mass is 16.5. The van der Waals surface area contributed by atoms with Gasteiger partial charge in [-0.05, 0) is 20.4 Å². The molecule has 0 aliphatic rings. The molecule has 0 amide bonds. The van der Waals surface area contributed by atoms with Crippen molar-refractivity contribution < 1.29 is 4.74 Å². The van der Waals surface area contributed by atoms with Gasteiger partial charge in [0.25, 0.3) is 0 Å². The first-order chi connectivity index (χ1) is 5.22. The molecule has 11 heavy (non-hydrogen) atoms. The van der Waals surface area contributed by atoms with E-state index in [1.54, 1.807) is 0 Å². The Balaban J connectivity index is 0. The van der Waals surface area contributed by atoms with Gasteiger partial charge in [0.05, 0.1) is 6.61 Å². The lowest BCUT2D eigenvalue weighted by Gasteiger charge is -2.05. The van der Waals surface area contributed by atoms with Gasteiger partial charge in [0.2, 0.25) is 0 Å². The highest BCUT2D eigenvalue weighted by molar-refractivity contribution is 4.76. The van der Waals surface area contributed by atoms with Crippen molar-refractivity contribution in [3.8, 4) is 0 Å². The third-order valence-electron chi connectivity index (χ3n) is 0.693. The summed E-state index contributed by atoms with van der Waals surface area (Å²) < 4.78 is 4.98. The summed E-state index contributed by atoms with van der Waals surface area (Å²) in [5, 5.41) is 2.93. The number of hydrogen-bond acceptors (Lipinski definition) is 2. The predicted octanol–water partition coefficient (Wildman–Crippen LogP) is 2.52. The lowest BCUT2D eigenvalue weighted by molar-refractivity contribution is 0.209. The molecule has 0 aromatic rings. The minimum absolute atomic E-state index is 0.662. The Bertz CT molecular complexity index is 73.6. The van der Waals surface area contributed by atoms with Gasteiger partial charge in [-0.15, -0.1) is 0 Å². The van der Waals surface area contributed by atoms with Gasteiger partial charge >= 0.3 is 0 Å². The van der Waals surface area contributed by atoms with Gasteiger partial charge in [0.15, 0.2) is 5.88 Å². The topological polar surface area (TPSA) is 21.3 Å². The number of nitrogens with one attached hydrogen (secondary N) is 1. The van der Waals surface area contributed by atoms with Crippen LogP contribution in [0.4, 0.5) is 0 Å². The van der Waals surface area contributed by atoms with E-state index in [0.717, 1.165) is 6.54 Å². The van der Waals surface area contributed by atoms with E-state index in [1.165, 1.54) is 6.42 Å². The van der Waals surface area contributed by atoms with E-state index in [9.17, 15) is 0 Å². The van der Waals surface area contributed by atoms with Crippen LogP contribution in [0.5, 0.6) is 0 Å². The number of ether oxygens (including phenoxy) is 1. The number of hydrogen-bond donors (Lipinski definition) is 1. The van der Waals surface area contributed by atoms with Crippen molar-refractivity contribution in [3.05, 3.63) is 12.5 Å². The molecule has 0 aliphatic carbocycles. The zero-order chi connectivity index (χ0) is 9.11. The van der Waals surface area contributed by atoms with Crippen molar-refractivity contribution in [2.75, 3.05) is 13.2 Å². The Morgan fingerprint density at radius 2 is 1.73 bits per heavy atom. The van der Waals surface area contributed by atoms with Crippen LogP contribution in [0.2, 0.25) is 0 Å². The van der Waals surface area contributed by atoms with Gasteiger partial charge in [0, 0.05) is 6.54 Å². The maximum absolute atomic E-state index is 4.98. The predicted molar refractivity (Wildman–Crippen MR) is 50.4 cm³/mol. The molecule has 1 N–H and O–H groups in total. The molecule has 0 aliphatic heterocycles. The van der Waals surface area contributed by atoms with Crippen molar-refractivity contribution in [1.82, 2.24) is 5.32 Å². The van der Waals surface area contributed by atoms with E-state index in [4.69, 9.17) is 4.74 Å². The van der Waals surface area contributed by atoms with Crippen LogP contribution in [-0.2, 0) is 4.74 Å². The Labute approximate surface area is 70.6 Å². The van der Waals surface area contributed by atoms with Crippen LogP contribution in [0.25, 0.3) is 0 Å². The van der Waals surface area contributed by atoms with Gasteiger partial charge in [-0.2, -0.15) is 0 Å². The standard InChI is InChI=1S/C6H13NO.C3H8/c1-4-7-6(3)8-5-2;1-3-2/h7H,3-5H2,1-2H3;3H2,1-2H3. The first-order valence-electron chi connectivity index (χ1n) is 4.28. The Morgan fingerprint density at radius 3 is 2.00 bits per heavy atom. The molecule has 0 heterocycles. The summed E-state index contributed by atoms with van der Waals surface area (Å²) in [6, 6.07) is 0. The van der Waals surface area contributed by atoms with E-state index in [0.29, 0.717) is 12.5 Å². The van der Waals surface area contributed by atoms with E-state index in [-0.39, 0.29) is 0 Å². The average Bonchev–Trinajstić information content (AvgIpc) is 1.90. The maximum atomic E-state index is 4.98. The Morgan fingerprint density at radius 1 is 1.27 bits per heavy atom. The molecule has 0 radical (unpaired) electrons. The molecule has 0 spiro atoms. The summed E-state index contributed by atoms with van der Waals surface area (Å²) in [6.45, 7) is 13.3. The summed E-state index contributed by atoms with van der Waals surface area (Å²) in [4.78, 5) is 0. The number of rotatable bonds is 4. The normalized spacial score (nSPS) is 7.64. The molecule has 0 saturated carbocycles. The highest BCUT2D eigenvalue weighted by Gasteiger charge is 1.83. The largest absolute Gasteiger partial charge is 0.480 e. The molecule has 0 aromatic carbocycles. The molecule has 0 fully saturated rings. The molecular weight excluding hydrogens is 138 g/mol. The molecular formula is C9H21NO. The monoisotopic (exact) mass is 159 g/mol. The summed E-state index contributed by atoms with van der Waals surface area (Å²) in [6.07, 6.45) is 1.25. The van der Waals surface area contributed by atoms with Gasteiger partial charge in [-0.3, -0.25) is 0 Å². The van der Waals surface area contributed by atoms with Crippen molar-refractivity contribution in [2.45, 2.75) is 34.1 Å². The molecule has 0 bridgehead atoms. The van der Waals surface area contributed by atoms with Crippen LogP contribution < -0.4 is 5.32 Å². The van der Waals surface area contributed by atoms with Crippen LogP contribution in [0.3, 0.4) is 0 Å². The second-order valence-corrected chi connectivity index (χ2v) is 2.09. The second-order valence-electron chi connectivity index (χ2n) is 2.09. The first kappa shape index (κ1) is 13.0. The molecule has 0 rings (SSSR count). The summed E-state index contributed by atoms with van der Waals surface area (Å²) in [7, 11) is 0. The highest BCUT2D eigenvalue weighted by Crippen LogP contribution is 1.83. The van der Waals surface area contributed by atoms with E-state index in [1.807, 2.05) is 13.8 Å². The fraction of sp³-hybridized carbons (Fsp3) is 0.778. The minimum Gasteiger partial charge on any atom is -0.480 e. The fourth-order valence-corrected chi connectivity index (χ4v) is 0.422. The van der Waals surface area contributed by atoms with E-state index < -0.39 is 0 Å². The van der Waals surface area contributed by atoms with Gasteiger partial charge in [0.1, 0.15) is 0 Å². The third-order valence-corrected chi connectivity index (χ3v) is 0.693. The lowest BCUT2D eigenvalue weighted by atomic mass is 10.6. The smallest absolute Gasteiger partial charge is 0.179 e. The summed E-state index contributed by atoms with van der Waals surface area (Å²) in [5.74, 6) is 0.662. The average molecular weight is 159 g/mol. The molecule has 2 heteroatoms. The third kappa shape index (κ3) is 17.6. The summed E-state index contributed by atoms with van der Waals surface area (Å²) in [5.41, 5.74) is 0. The van der Waals surface area contributed by atoms with Crippen LogP contribution in [-0.4, -0.2) is 13.2 Å². The Hall–Kier alpha value is -0.660. The van der Waals surface area contributed by atoms with E-state index >= 15 is 0 Å². The molecule has 68 valence electrons. The van der Waals surface area contributed by atoms with Crippen LogP contribution >= 0.6 is 0 Å². The molecule has 0 aromatic heterocycles. The first-order valence-corrected chi connectivity index (χ1v) is 4.28. The maximum Gasteiger partial charge on any atom is 0.179 e. The minimum atomic E-state index is 0.662. The van der Waals surface area contributed by atoms with Gasteiger partial charge in [-0.25, -0.2) is 0 Å². The molecule has 2 nitrogen and oxygen atoms in total. The van der Waals surface area contributed by atoms with Gasteiger partial charge in [-0.1, -0.05) is 20.3 Å². The van der Waals surface area contributed by atoms with Crippen molar-refractivity contribution in [2.24, 2.45) is 0 Å². The zero-order valence-electron chi connectivity index (χ0n) is 8.24.